The SMILES string of the molecule is COc1ccc(CNC(=O)/C=C/c2ccc(OCc3csc(C)n3)cc2)cc1OC. The maximum atomic E-state index is 12.1. The molecular weight excluding hydrogens is 400 g/mol. The molecule has 0 unspecified atom stereocenters. The molecule has 6 nitrogen and oxygen atoms in total. The van der Waals surface area contributed by atoms with E-state index in [1.165, 1.54) is 6.08 Å². The van der Waals surface area contributed by atoms with Crippen molar-refractivity contribution in [2.24, 2.45) is 0 Å². The Labute approximate surface area is 180 Å². The number of nitrogens with zero attached hydrogens (tertiary/aromatic N) is 1. The van der Waals surface area contributed by atoms with Gasteiger partial charge in [0.1, 0.15) is 12.4 Å². The van der Waals surface area contributed by atoms with Crippen LogP contribution in [0.1, 0.15) is 21.8 Å². The third-order valence-electron chi connectivity index (χ3n) is 4.28. The summed E-state index contributed by atoms with van der Waals surface area (Å²) in [7, 11) is 3.17. The van der Waals surface area contributed by atoms with E-state index in [2.05, 4.69) is 10.3 Å². The summed E-state index contributed by atoms with van der Waals surface area (Å²) in [5.41, 5.74) is 2.76. The van der Waals surface area contributed by atoms with Crippen LogP contribution in [0.25, 0.3) is 6.08 Å². The Hall–Kier alpha value is -3.32. The van der Waals surface area contributed by atoms with Crippen molar-refractivity contribution < 1.29 is 19.0 Å². The molecule has 1 amide bonds. The zero-order valence-corrected chi connectivity index (χ0v) is 18.0. The minimum absolute atomic E-state index is 0.177. The van der Waals surface area contributed by atoms with Crippen LogP contribution in [0.15, 0.2) is 53.9 Å². The van der Waals surface area contributed by atoms with Gasteiger partial charge in [0.05, 0.1) is 24.9 Å². The van der Waals surface area contributed by atoms with E-state index in [1.54, 1.807) is 31.6 Å². The van der Waals surface area contributed by atoms with Crippen molar-refractivity contribution in [3.63, 3.8) is 0 Å². The molecule has 0 atom stereocenters. The first-order valence-corrected chi connectivity index (χ1v) is 10.3. The largest absolute Gasteiger partial charge is 0.493 e. The Morgan fingerprint density at radius 3 is 2.53 bits per heavy atom. The molecule has 0 radical (unpaired) electrons. The number of carbonyl (C=O) groups excluding carboxylic acids is 1. The first-order chi connectivity index (χ1) is 14.6. The van der Waals surface area contributed by atoms with Gasteiger partial charge in [0.15, 0.2) is 11.5 Å². The molecule has 3 aromatic rings. The number of ether oxygens (including phenoxy) is 3. The van der Waals surface area contributed by atoms with Crippen molar-refractivity contribution >= 4 is 23.3 Å². The van der Waals surface area contributed by atoms with Gasteiger partial charge in [-0.3, -0.25) is 4.79 Å². The van der Waals surface area contributed by atoms with E-state index in [0.29, 0.717) is 24.7 Å². The minimum atomic E-state index is -0.177. The third-order valence-corrected chi connectivity index (χ3v) is 5.10. The van der Waals surface area contributed by atoms with Crippen LogP contribution in [0.4, 0.5) is 0 Å². The predicted octanol–water partition coefficient (Wildman–Crippen LogP) is 4.38. The minimum Gasteiger partial charge on any atom is -0.493 e. The maximum absolute atomic E-state index is 12.1. The summed E-state index contributed by atoms with van der Waals surface area (Å²) in [4.78, 5) is 16.5. The van der Waals surface area contributed by atoms with Gasteiger partial charge in [-0.1, -0.05) is 18.2 Å². The molecule has 0 aliphatic carbocycles. The summed E-state index contributed by atoms with van der Waals surface area (Å²) in [6.45, 7) is 2.81. The number of aryl methyl sites for hydroxylation is 1. The van der Waals surface area contributed by atoms with Crippen molar-refractivity contribution in [3.8, 4) is 17.2 Å². The number of methoxy groups -OCH3 is 2. The first-order valence-electron chi connectivity index (χ1n) is 9.38. The van der Waals surface area contributed by atoms with E-state index >= 15 is 0 Å². The summed E-state index contributed by atoms with van der Waals surface area (Å²) < 4.78 is 16.2. The van der Waals surface area contributed by atoms with Crippen LogP contribution in [0.3, 0.4) is 0 Å². The van der Waals surface area contributed by atoms with E-state index < -0.39 is 0 Å². The molecular formula is C23H24N2O4S. The van der Waals surface area contributed by atoms with Crippen LogP contribution in [-0.2, 0) is 17.9 Å². The number of hydrogen-bond donors (Lipinski definition) is 1. The van der Waals surface area contributed by atoms with Gasteiger partial charge < -0.3 is 19.5 Å². The summed E-state index contributed by atoms with van der Waals surface area (Å²) in [5, 5.41) is 5.88. The molecule has 0 saturated carbocycles. The lowest BCUT2D eigenvalue weighted by Crippen LogP contribution is -2.20. The summed E-state index contributed by atoms with van der Waals surface area (Å²) >= 11 is 1.61. The van der Waals surface area contributed by atoms with Crippen molar-refractivity contribution in [1.29, 1.82) is 0 Å². The number of amides is 1. The highest BCUT2D eigenvalue weighted by Gasteiger charge is 2.05. The number of benzene rings is 2. The number of nitrogens with one attached hydrogen (secondary N) is 1. The lowest BCUT2D eigenvalue weighted by atomic mass is 10.2. The van der Waals surface area contributed by atoms with Crippen molar-refractivity contribution in [2.45, 2.75) is 20.1 Å². The molecule has 0 bridgehead atoms. The maximum Gasteiger partial charge on any atom is 0.244 e. The molecule has 0 aliphatic heterocycles. The third kappa shape index (κ3) is 6.09. The Kier molecular flexibility index (Phi) is 7.45. The molecule has 1 heterocycles. The molecule has 1 N–H and O–H groups in total. The fraction of sp³-hybridized carbons (Fsp3) is 0.217. The van der Waals surface area contributed by atoms with Crippen LogP contribution in [0.2, 0.25) is 0 Å². The second-order valence-electron chi connectivity index (χ2n) is 6.46. The van der Waals surface area contributed by atoms with Gasteiger partial charge in [0, 0.05) is 18.0 Å². The monoisotopic (exact) mass is 424 g/mol. The smallest absolute Gasteiger partial charge is 0.244 e. The molecule has 156 valence electrons. The zero-order valence-electron chi connectivity index (χ0n) is 17.2. The lowest BCUT2D eigenvalue weighted by Gasteiger charge is -2.09. The van der Waals surface area contributed by atoms with E-state index in [-0.39, 0.29) is 5.91 Å². The second-order valence-corrected chi connectivity index (χ2v) is 7.52. The van der Waals surface area contributed by atoms with Crippen LogP contribution in [0.5, 0.6) is 17.2 Å². The number of hydrogen-bond acceptors (Lipinski definition) is 6. The fourth-order valence-corrected chi connectivity index (χ4v) is 3.31. The van der Waals surface area contributed by atoms with Crippen molar-refractivity contribution in [3.05, 3.63) is 75.7 Å². The van der Waals surface area contributed by atoms with Gasteiger partial charge in [-0.2, -0.15) is 0 Å². The average Bonchev–Trinajstić information content (AvgIpc) is 3.20. The van der Waals surface area contributed by atoms with Gasteiger partial charge in [-0.05, 0) is 48.4 Å². The van der Waals surface area contributed by atoms with E-state index in [0.717, 1.165) is 27.6 Å². The highest BCUT2D eigenvalue weighted by Crippen LogP contribution is 2.27. The van der Waals surface area contributed by atoms with E-state index in [4.69, 9.17) is 14.2 Å². The van der Waals surface area contributed by atoms with Gasteiger partial charge in [0.25, 0.3) is 0 Å². The van der Waals surface area contributed by atoms with Crippen LogP contribution in [-0.4, -0.2) is 25.1 Å². The molecule has 30 heavy (non-hydrogen) atoms. The molecule has 0 aliphatic rings. The topological polar surface area (TPSA) is 69.7 Å². The fourth-order valence-electron chi connectivity index (χ4n) is 2.72. The number of thiazole rings is 1. The summed E-state index contributed by atoms with van der Waals surface area (Å²) in [6.07, 6.45) is 3.27. The van der Waals surface area contributed by atoms with Gasteiger partial charge in [0.2, 0.25) is 5.91 Å². The molecule has 2 aromatic carbocycles. The lowest BCUT2D eigenvalue weighted by molar-refractivity contribution is -0.116. The molecule has 7 heteroatoms. The number of carbonyl (C=O) groups is 1. The average molecular weight is 425 g/mol. The van der Waals surface area contributed by atoms with E-state index in [9.17, 15) is 4.79 Å². The molecule has 0 fully saturated rings. The highest BCUT2D eigenvalue weighted by molar-refractivity contribution is 7.09. The predicted molar refractivity (Wildman–Crippen MR) is 118 cm³/mol. The van der Waals surface area contributed by atoms with Crippen molar-refractivity contribution in [2.75, 3.05) is 14.2 Å². The van der Waals surface area contributed by atoms with E-state index in [1.807, 2.05) is 54.8 Å². The Morgan fingerprint density at radius 1 is 1.10 bits per heavy atom. The van der Waals surface area contributed by atoms with Crippen LogP contribution < -0.4 is 19.5 Å². The Bertz CT molecular complexity index is 1010. The van der Waals surface area contributed by atoms with Gasteiger partial charge in [-0.15, -0.1) is 11.3 Å². The first kappa shape index (κ1) is 21.4. The number of aromatic nitrogens is 1. The highest BCUT2D eigenvalue weighted by atomic mass is 32.1. The van der Waals surface area contributed by atoms with Gasteiger partial charge >= 0.3 is 0 Å². The summed E-state index contributed by atoms with van der Waals surface area (Å²) in [6, 6.07) is 13.1. The molecule has 0 spiro atoms. The molecule has 0 saturated heterocycles. The van der Waals surface area contributed by atoms with Crippen molar-refractivity contribution in [1.82, 2.24) is 10.3 Å². The normalized spacial score (nSPS) is 10.8. The molecule has 1 aromatic heterocycles. The Morgan fingerprint density at radius 2 is 1.87 bits per heavy atom. The molecule has 3 rings (SSSR count). The van der Waals surface area contributed by atoms with Crippen LogP contribution in [0, 0.1) is 6.92 Å². The standard InChI is InChI=1S/C23H24N2O4S/c1-16-25-19(15-30-16)14-29-20-8-4-17(5-9-20)7-11-23(26)24-13-18-6-10-21(27-2)22(12-18)28-3/h4-12,15H,13-14H2,1-3H3,(H,24,26)/b11-7+. The second kappa shape index (κ2) is 10.5. The van der Waals surface area contributed by atoms with Gasteiger partial charge in [-0.25, -0.2) is 4.98 Å². The zero-order chi connectivity index (χ0) is 21.3. The Balaban J connectivity index is 1.48. The van der Waals surface area contributed by atoms with Crippen LogP contribution >= 0.6 is 11.3 Å². The summed E-state index contributed by atoms with van der Waals surface area (Å²) in [5.74, 6) is 1.87. The quantitative estimate of drug-likeness (QED) is 0.517. The number of rotatable bonds is 9.